The molecule has 1 spiro atoms. The van der Waals surface area contributed by atoms with E-state index in [0.717, 1.165) is 45.3 Å². The second-order valence-electron chi connectivity index (χ2n) is 8.56. The van der Waals surface area contributed by atoms with Gasteiger partial charge in [0.1, 0.15) is 6.04 Å². The molecule has 140 valence electrons. The number of benzene rings is 1. The van der Waals surface area contributed by atoms with E-state index in [-0.39, 0.29) is 17.2 Å². The van der Waals surface area contributed by atoms with Crippen LogP contribution in [0.3, 0.4) is 0 Å². The van der Waals surface area contributed by atoms with Gasteiger partial charge in [-0.15, -0.1) is 0 Å². The smallest absolute Gasteiger partial charge is 0.326 e. The van der Waals surface area contributed by atoms with E-state index in [0.29, 0.717) is 13.0 Å². The number of carboxylic acid groups (broad SMARTS) is 1. The highest BCUT2D eigenvalue weighted by Gasteiger charge is 2.51. The maximum Gasteiger partial charge on any atom is 0.326 e. The predicted molar refractivity (Wildman–Crippen MR) is 98.6 cm³/mol. The summed E-state index contributed by atoms with van der Waals surface area (Å²) >= 11 is 0. The first-order valence-electron chi connectivity index (χ1n) is 9.77. The van der Waals surface area contributed by atoms with Crippen LogP contribution >= 0.6 is 0 Å². The monoisotopic (exact) mass is 356 g/mol. The molecule has 0 aromatic heterocycles. The summed E-state index contributed by atoms with van der Waals surface area (Å²) in [7, 11) is 0. The normalized spacial score (nSPS) is 25.6. The maximum atomic E-state index is 12.5. The zero-order valence-corrected chi connectivity index (χ0v) is 15.5. The summed E-state index contributed by atoms with van der Waals surface area (Å²) in [6.45, 7) is 5.64. The predicted octanol–water partition coefficient (Wildman–Crippen LogP) is 2.67. The Bertz CT molecular complexity index is 688. The summed E-state index contributed by atoms with van der Waals surface area (Å²) in [6, 6.07) is 8.05. The molecule has 2 aliphatic heterocycles. The third kappa shape index (κ3) is 3.50. The number of amides is 1. The van der Waals surface area contributed by atoms with Crippen LogP contribution in [-0.4, -0.2) is 52.5 Å². The molecule has 1 aliphatic carbocycles. The highest BCUT2D eigenvalue weighted by molar-refractivity contribution is 5.87. The number of likely N-dealkylation sites (tertiary alicyclic amines) is 2. The van der Waals surface area contributed by atoms with Crippen LogP contribution in [0.2, 0.25) is 0 Å². The minimum atomic E-state index is -0.835. The van der Waals surface area contributed by atoms with Gasteiger partial charge in [-0.3, -0.25) is 9.69 Å². The third-order valence-electron chi connectivity index (χ3n) is 6.45. The largest absolute Gasteiger partial charge is 0.480 e. The summed E-state index contributed by atoms with van der Waals surface area (Å²) in [5.41, 5.74) is 2.60. The summed E-state index contributed by atoms with van der Waals surface area (Å²) in [5, 5.41) is 9.61. The second kappa shape index (κ2) is 6.69. The number of nitrogens with zero attached hydrogens (tertiary/aromatic N) is 2. The Morgan fingerprint density at radius 3 is 2.38 bits per heavy atom. The first-order chi connectivity index (χ1) is 12.5. The van der Waals surface area contributed by atoms with Crippen molar-refractivity contribution >= 4 is 11.9 Å². The van der Waals surface area contributed by atoms with Crippen LogP contribution in [-0.2, 0) is 16.1 Å². The maximum absolute atomic E-state index is 12.5. The molecule has 2 saturated heterocycles. The molecule has 5 heteroatoms. The van der Waals surface area contributed by atoms with Gasteiger partial charge in [-0.2, -0.15) is 0 Å². The molecule has 1 N–H and O–H groups in total. The lowest BCUT2D eigenvalue weighted by Crippen LogP contribution is -2.43. The van der Waals surface area contributed by atoms with Gasteiger partial charge in [0.05, 0.1) is 0 Å². The van der Waals surface area contributed by atoms with E-state index in [1.807, 2.05) is 0 Å². The quantitative estimate of drug-likeness (QED) is 0.901. The molecule has 1 aromatic rings. The standard InChI is InChI=1S/C21H28N2O3/c1-15-2-4-16(5-3-15)13-22-10-8-21(9-11-22)12-18(20(25)26)23(14-21)19(24)17-6-7-17/h2-5,17-18H,6-14H2,1H3,(H,25,26)/t18-/m0/s1. The Hall–Kier alpha value is -1.88. The highest BCUT2D eigenvalue weighted by Crippen LogP contribution is 2.45. The minimum absolute atomic E-state index is 0.00260. The Balaban J connectivity index is 1.39. The molecule has 1 atom stereocenters. The fourth-order valence-electron chi connectivity index (χ4n) is 4.57. The Morgan fingerprint density at radius 2 is 1.81 bits per heavy atom. The number of carboxylic acids is 1. The van der Waals surface area contributed by atoms with Crippen molar-refractivity contribution in [1.82, 2.24) is 9.80 Å². The fourth-order valence-corrected chi connectivity index (χ4v) is 4.57. The molecule has 1 amide bonds. The molecule has 5 nitrogen and oxygen atoms in total. The average molecular weight is 356 g/mol. The van der Waals surface area contributed by atoms with E-state index < -0.39 is 12.0 Å². The van der Waals surface area contributed by atoms with E-state index in [1.165, 1.54) is 11.1 Å². The fraction of sp³-hybridized carbons (Fsp3) is 0.619. The molecule has 1 aromatic carbocycles. The molecule has 26 heavy (non-hydrogen) atoms. The van der Waals surface area contributed by atoms with E-state index >= 15 is 0 Å². The molecular weight excluding hydrogens is 328 g/mol. The van der Waals surface area contributed by atoms with Gasteiger partial charge < -0.3 is 10.0 Å². The van der Waals surface area contributed by atoms with E-state index in [4.69, 9.17) is 0 Å². The minimum Gasteiger partial charge on any atom is -0.480 e. The van der Waals surface area contributed by atoms with Crippen molar-refractivity contribution in [2.75, 3.05) is 19.6 Å². The number of rotatable bonds is 4. The summed E-state index contributed by atoms with van der Waals surface area (Å²) < 4.78 is 0. The van der Waals surface area contributed by atoms with Crippen LogP contribution in [0, 0.1) is 18.3 Å². The number of piperidine rings is 1. The topological polar surface area (TPSA) is 60.9 Å². The molecule has 0 unspecified atom stereocenters. The van der Waals surface area contributed by atoms with Crippen molar-refractivity contribution < 1.29 is 14.7 Å². The van der Waals surface area contributed by atoms with E-state index in [9.17, 15) is 14.7 Å². The number of carbonyl (C=O) groups excluding carboxylic acids is 1. The molecule has 2 heterocycles. The lowest BCUT2D eigenvalue weighted by Gasteiger charge is -2.39. The molecule has 3 aliphatic rings. The number of carbonyl (C=O) groups is 2. The van der Waals surface area contributed by atoms with Gasteiger partial charge in [0, 0.05) is 19.0 Å². The highest BCUT2D eigenvalue weighted by atomic mass is 16.4. The van der Waals surface area contributed by atoms with Crippen LogP contribution in [0.1, 0.15) is 43.2 Å². The van der Waals surface area contributed by atoms with Crippen molar-refractivity contribution in [1.29, 1.82) is 0 Å². The lowest BCUT2D eigenvalue weighted by molar-refractivity contribution is -0.148. The molecule has 3 fully saturated rings. The van der Waals surface area contributed by atoms with Crippen LogP contribution in [0.15, 0.2) is 24.3 Å². The molecular formula is C21H28N2O3. The molecule has 0 radical (unpaired) electrons. The Kier molecular flexibility index (Phi) is 4.51. The summed E-state index contributed by atoms with van der Waals surface area (Å²) in [5.74, 6) is -0.664. The van der Waals surface area contributed by atoms with Gasteiger partial charge in [0.15, 0.2) is 0 Å². The summed E-state index contributed by atoms with van der Waals surface area (Å²) in [4.78, 5) is 28.4. The van der Waals surface area contributed by atoms with Gasteiger partial charge >= 0.3 is 5.97 Å². The number of aryl methyl sites for hydroxylation is 1. The van der Waals surface area contributed by atoms with Gasteiger partial charge in [-0.25, -0.2) is 4.79 Å². The lowest BCUT2D eigenvalue weighted by atomic mass is 9.76. The van der Waals surface area contributed by atoms with Crippen LogP contribution in [0.25, 0.3) is 0 Å². The van der Waals surface area contributed by atoms with Crippen molar-refractivity contribution in [2.24, 2.45) is 11.3 Å². The molecule has 4 rings (SSSR count). The van der Waals surface area contributed by atoms with Gasteiger partial charge in [-0.05, 0) is 63.1 Å². The SMILES string of the molecule is Cc1ccc(CN2CCC3(CC2)C[C@@H](C(=O)O)N(C(=O)C2CC2)C3)cc1. The first-order valence-corrected chi connectivity index (χ1v) is 9.77. The number of hydrogen-bond acceptors (Lipinski definition) is 3. The van der Waals surface area contributed by atoms with Gasteiger partial charge in [0.2, 0.25) is 5.91 Å². The van der Waals surface area contributed by atoms with Crippen molar-refractivity contribution in [2.45, 2.75) is 51.6 Å². The van der Waals surface area contributed by atoms with Crippen molar-refractivity contribution in [3.63, 3.8) is 0 Å². The Morgan fingerprint density at radius 1 is 1.15 bits per heavy atom. The summed E-state index contributed by atoms with van der Waals surface area (Å²) in [6.07, 6.45) is 4.45. The molecule has 1 saturated carbocycles. The zero-order valence-electron chi connectivity index (χ0n) is 15.5. The second-order valence-corrected chi connectivity index (χ2v) is 8.56. The van der Waals surface area contributed by atoms with E-state index in [2.05, 4.69) is 36.1 Å². The Labute approximate surface area is 155 Å². The van der Waals surface area contributed by atoms with Gasteiger partial charge in [0.25, 0.3) is 0 Å². The van der Waals surface area contributed by atoms with E-state index in [1.54, 1.807) is 4.90 Å². The van der Waals surface area contributed by atoms with Crippen molar-refractivity contribution in [3.05, 3.63) is 35.4 Å². The van der Waals surface area contributed by atoms with Crippen LogP contribution in [0.4, 0.5) is 0 Å². The zero-order chi connectivity index (χ0) is 18.3. The van der Waals surface area contributed by atoms with Crippen molar-refractivity contribution in [3.8, 4) is 0 Å². The average Bonchev–Trinajstić information content (AvgIpc) is 3.41. The first kappa shape index (κ1) is 17.5. The number of hydrogen-bond donors (Lipinski definition) is 1. The number of aliphatic carboxylic acids is 1. The third-order valence-corrected chi connectivity index (χ3v) is 6.45. The van der Waals surface area contributed by atoms with Crippen LogP contribution < -0.4 is 0 Å². The molecule has 0 bridgehead atoms. The van der Waals surface area contributed by atoms with Gasteiger partial charge in [-0.1, -0.05) is 29.8 Å². The van der Waals surface area contributed by atoms with Crippen LogP contribution in [0.5, 0.6) is 0 Å².